The Morgan fingerprint density at radius 1 is 1.16 bits per heavy atom. The third-order valence-electron chi connectivity index (χ3n) is 6.34. The van der Waals surface area contributed by atoms with E-state index in [1.54, 1.807) is 24.6 Å². The highest BCUT2D eigenvalue weighted by molar-refractivity contribution is 7.14. The quantitative estimate of drug-likeness (QED) is 0.428. The van der Waals surface area contributed by atoms with Crippen LogP contribution in [0.1, 0.15) is 38.5 Å². The lowest BCUT2D eigenvalue weighted by atomic mass is 9.91. The van der Waals surface area contributed by atoms with E-state index in [1.807, 2.05) is 6.07 Å². The third kappa shape index (κ3) is 6.78. The third-order valence-corrected chi connectivity index (χ3v) is 7.44. The van der Waals surface area contributed by atoms with Crippen molar-refractivity contribution in [3.8, 4) is 11.3 Å². The molecule has 9 heteroatoms. The smallest absolute Gasteiger partial charge is 0.183 e. The number of rotatable bonds is 10. The summed E-state index contributed by atoms with van der Waals surface area (Å²) < 4.78 is 10.6. The Kier molecular flexibility index (Phi) is 8.99. The summed E-state index contributed by atoms with van der Waals surface area (Å²) in [7, 11) is 1.74. The van der Waals surface area contributed by atoms with Crippen molar-refractivity contribution in [1.29, 1.82) is 0 Å². The van der Waals surface area contributed by atoms with Crippen LogP contribution in [0, 0.1) is 5.92 Å². The van der Waals surface area contributed by atoms with Gasteiger partial charge in [0.15, 0.2) is 5.13 Å². The van der Waals surface area contributed by atoms with E-state index in [2.05, 4.69) is 26.3 Å². The lowest BCUT2D eigenvalue weighted by Gasteiger charge is -2.30. The summed E-state index contributed by atoms with van der Waals surface area (Å²) in [6, 6.07) is 3.05. The van der Waals surface area contributed by atoms with Crippen LogP contribution >= 0.6 is 22.9 Å². The van der Waals surface area contributed by atoms with Crippen LogP contribution in [0.25, 0.3) is 11.3 Å². The molecule has 32 heavy (non-hydrogen) atoms. The van der Waals surface area contributed by atoms with Crippen LogP contribution in [0.5, 0.6) is 0 Å². The van der Waals surface area contributed by atoms with Crippen molar-refractivity contribution in [1.82, 2.24) is 15.3 Å². The minimum Gasteiger partial charge on any atom is -0.383 e. The van der Waals surface area contributed by atoms with Crippen LogP contribution in [0.4, 0.5) is 10.9 Å². The van der Waals surface area contributed by atoms with Crippen molar-refractivity contribution in [2.75, 3.05) is 50.7 Å². The first-order valence-corrected chi connectivity index (χ1v) is 12.9. The number of hydrogen-bond acceptors (Lipinski definition) is 8. The molecule has 0 radical (unpaired) electrons. The second-order valence-corrected chi connectivity index (χ2v) is 9.93. The van der Waals surface area contributed by atoms with Crippen molar-refractivity contribution in [3.05, 3.63) is 22.7 Å². The van der Waals surface area contributed by atoms with Gasteiger partial charge >= 0.3 is 0 Å². The molecule has 0 aromatic carbocycles. The zero-order chi connectivity index (χ0) is 22.2. The summed E-state index contributed by atoms with van der Waals surface area (Å²) in [5.74, 6) is 1.52. The molecule has 176 valence electrons. The largest absolute Gasteiger partial charge is 0.383 e. The molecule has 2 aliphatic rings. The Labute approximate surface area is 199 Å². The molecule has 1 saturated carbocycles. The Morgan fingerprint density at radius 2 is 1.94 bits per heavy atom. The van der Waals surface area contributed by atoms with Crippen molar-refractivity contribution >= 4 is 33.9 Å². The lowest BCUT2D eigenvalue weighted by molar-refractivity contribution is 0.0699. The van der Waals surface area contributed by atoms with Crippen LogP contribution in [0.3, 0.4) is 0 Å². The number of ether oxygens (including phenoxy) is 2. The first kappa shape index (κ1) is 23.7. The number of anilines is 2. The van der Waals surface area contributed by atoms with Crippen molar-refractivity contribution in [3.63, 3.8) is 0 Å². The normalized spacial score (nSPS) is 22.1. The van der Waals surface area contributed by atoms with Gasteiger partial charge in [0.2, 0.25) is 0 Å². The number of halogens is 1. The summed E-state index contributed by atoms with van der Waals surface area (Å²) >= 11 is 8.11. The van der Waals surface area contributed by atoms with Crippen LogP contribution in [-0.2, 0) is 9.47 Å². The number of nitrogens with one attached hydrogen (secondary N) is 3. The van der Waals surface area contributed by atoms with Crippen molar-refractivity contribution in [2.45, 2.75) is 50.6 Å². The Balaban J connectivity index is 1.31. The number of hydrogen-bond donors (Lipinski definition) is 3. The van der Waals surface area contributed by atoms with Gasteiger partial charge in [-0.05, 0) is 50.5 Å². The first-order chi connectivity index (χ1) is 15.7. The zero-order valence-electron chi connectivity index (χ0n) is 18.7. The molecule has 3 heterocycles. The minimum absolute atomic E-state index is 0.434. The molecule has 0 spiro atoms. The van der Waals surface area contributed by atoms with E-state index in [4.69, 9.17) is 26.1 Å². The molecule has 3 N–H and O–H groups in total. The maximum Gasteiger partial charge on any atom is 0.183 e. The SMILES string of the molecule is COCCN[C@H]1CC[C@H](Nc2cc(-c3csc(NCC4CCOCC4)n3)c(Cl)cn2)CC1. The van der Waals surface area contributed by atoms with Gasteiger partial charge in [-0.25, -0.2) is 9.97 Å². The first-order valence-electron chi connectivity index (χ1n) is 11.6. The maximum atomic E-state index is 6.48. The number of thiazole rings is 1. The molecule has 2 aromatic heterocycles. The summed E-state index contributed by atoms with van der Waals surface area (Å²) in [6.07, 6.45) is 8.53. The van der Waals surface area contributed by atoms with E-state index >= 15 is 0 Å². The molecule has 1 aliphatic heterocycles. The second kappa shape index (κ2) is 12.1. The molecule has 0 bridgehead atoms. The highest BCUT2D eigenvalue weighted by Crippen LogP contribution is 2.33. The maximum absolute atomic E-state index is 6.48. The fourth-order valence-electron chi connectivity index (χ4n) is 4.39. The number of methoxy groups -OCH3 is 1. The minimum atomic E-state index is 0.434. The number of pyridine rings is 1. The monoisotopic (exact) mass is 479 g/mol. The van der Waals surface area contributed by atoms with Crippen LogP contribution in [-0.4, -0.2) is 62.1 Å². The van der Waals surface area contributed by atoms with E-state index in [0.717, 1.165) is 93.6 Å². The topological polar surface area (TPSA) is 80.3 Å². The van der Waals surface area contributed by atoms with Crippen LogP contribution in [0.15, 0.2) is 17.6 Å². The molecular weight excluding hydrogens is 446 g/mol. The Hall–Kier alpha value is -1.45. The molecule has 4 rings (SSSR count). The molecule has 0 atom stereocenters. The fourth-order valence-corrected chi connectivity index (χ4v) is 5.31. The zero-order valence-corrected chi connectivity index (χ0v) is 20.3. The van der Waals surface area contributed by atoms with Gasteiger partial charge in [0.1, 0.15) is 5.82 Å². The summed E-state index contributed by atoms with van der Waals surface area (Å²) in [5, 5.41) is 14.3. The average Bonchev–Trinajstić information content (AvgIpc) is 3.30. The van der Waals surface area contributed by atoms with Crippen molar-refractivity contribution in [2.24, 2.45) is 5.92 Å². The van der Waals surface area contributed by atoms with E-state index in [0.29, 0.717) is 23.0 Å². The summed E-state index contributed by atoms with van der Waals surface area (Å²) in [4.78, 5) is 9.29. The van der Waals surface area contributed by atoms with Crippen molar-refractivity contribution < 1.29 is 9.47 Å². The molecule has 0 amide bonds. The lowest BCUT2D eigenvalue weighted by Crippen LogP contribution is -2.38. The molecule has 1 aliphatic carbocycles. The van der Waals surface area contributed by atoms with Crippen LogP contribution < -0.4 is 16.0 Å². The highest BCUT2D eigenvalue weighted by Gasteiger charge is 2.21. The summed E-state index contributed by atoms with van der Waals surface area (Å²) in [5.41, 5.74) is 1.82. The summed E-state index contributed by atoms with van der Waals surface area (Å²) in [6.45, 7) is 4.35. The average molecular weight is 480 g/mol. The predicted molar refractivity (Wildman–Crippen MR) is 132 cm³/mol. The van der Waals surface area contributed by atoms with Gasteiger partial charge in [-0.15, -0.1) is 11.3 Å². The van der Waals surface area contributed by atoms with Gasteiger partial charge in [-0.1, -0.05) is 11.6 Å². The van der Waals surface area contributed by atoms with Gasteiger partial charge in [-0.3, -0.25) is 0 Å². The molecule has 0 unspecified atom stereocenters. The Bertz CT molecular complexity index is 838. The van der Waals surface area contributed by atoms with Crippen LogP contribution in [0.2, 0.25) is 5.02 Å². The molecule has 2 fully saturated rings. The van der Waals surface area contributed by atoms with E-state index in [-0.39, 0.29) is 0 Å². The van der Waals surface area contributed by atoms with Gasteiger partial charge in [0.25, 0.3) is 0 Å². The van der Waals surface area contributed by atoms with E-state index < -0.39 is 0 Å². The molecular formula is C23H34ClN5O2S. The van der Waals surface area contributed by atoms with Gasteiger partial charge in [0.05, 0.1) is 17.3 Å². The Morgan fingerprint density at radius 3 is 2.72 bits per heavy atom. The molecule has 2 aromatic rings. The number of aromatic nitrogens is 2. The van der Waals surface area contributed by atoms with E-state index in [1.165, 1.54) is 0 Å². The second-order valence-electron chi connectivity index (χ2n) is 8.66. The number of nitrogens with zero attached hydrogens (tertiary/aromatic N) is 2. The standard InChI is InChI=1S/C23H34ClN5O2S/c1-30-11-8-25-17-2-4-18(5-3-17)28-22-12-19(20(24)14-26-22)21-15-32-23(29-21)27-13-16-6-9-31-10-7-16/h12,14-18,25H,2-11,13H2,1H3,(H,26,28)(H,27,29)/t17-,18-. The molecule has 1 saturated heterocycles. The molecule has 7 nitrogen and oxygen atoms in total. The van der Waals surface area contributed by atoms with Gasteiger partial charge in [-0.2, -0.15) is 0 Å². The van der Waals surface area contributed by atoms with Gasteiger partial charge < -0.3 is 25.4 Å². The fraction of sp³-hybridized carbons (Fsp3) is 0.652. The van der Waals surface area contributed by atoms with E-state index in [9.17, 15) is 0 Å². The predicted octanol–water partition coefficient (Wildman–Crippen LogP) is 4.66. The highest BCUT2D eigenvalue weighted by atomic mass is 35.5. The van der Waals surface area contributed by atoms with Gasteiger partial charge in [0, 0.05) is 62.6 Å².